The number of rotatable bonds is 0. The van der Waals surface area contributed by atoms with Crippen LogP contribution in [0, 0.1) is 13.8 Å². The highest BCUT2D eigenvalue weighted by Crippen LogP contribution is 2.36. The summed E-state index contributed by atoms with van der Waals surface area (Å²) in [7, 11) is 0. The Labute approximate surface area is 106 Å². The van der Waals surface area contributed by atoms with Crippen LogP contribution in [0.2, 0.25) is 0 Å². The molecule has 0 saturated carbocycles. The summed E-state index contributed by atoms with van der Waals surface area (Å²) in [4.78, 5) is 0. The molecule has 0 unspecified atom stereocenters. The van der Waals surface area contributed by atoms with Crippen LogP contribution in [-0.2, 0) is 0 Å². The zero-order valence-electron chi connectivity index (χ0n) is 10.6. The fraction of sp³-hybridized carbons (Fsp3) is 0.111. The third-order valence-corrected chi connectivity index (χ3v) is 4.18. The quantitative estimate of drug-likeness (QED) is 0.364. The highest BCUT2D eigenvalue weighted by atomic mass is 14.1. The number of hydrogen-bond donors (Lipinski definition) is 0. The number of aryl methyl sites for hydroxylation is 2. The topological polar surface area (TPSA) is 0 Å². The van der Waals surface area contributed by atoms with Gasteiger partial charge in [-0.25, -0.2) is 0 Å². The molecule has 0 atom stereocenters. The van der Waals surface area contributed by atoms with E-state index in [2.05, 4.69) is 62.4 Å². The van der Waals surface area contributed by atoms with Crippen molar-refractivity contribution in [2.75, 3.05) is 0 Å². The Kier molecular flexibility index (Phi) is 1.78. The van der Waals surface area contributed by atoms with Crippen molar-refractivity contribution in [3.05, 3.63) is 59.7 Å². The van der Waals surface area contributed by atoms with Crippen LogP contribution in [0.15, 0.2) is 48.5 Å². The summed E-state index contributed by atoms with van der Waals surface area (Å²) in [6, 6.07) is 17.9. The van der Waals surface area contributed by atoms with E-state index >= 15 is 0 Å². The molecule has 0 aliphatic rings. The van der Waals surface area contributed by atoms with Crippen LogP contribution in [-0.4, -0.2) is 0 Å². The van der Waals surface area contributed by atoms with Crippen LogP contribution in [0.3, 0.4) is 0 Å². The minimum absolute atomic E-state index is 1.34. The van der Waals surface area contributed by atoms with Gasteiger partial charge in [-0.15, -0.1) is 0 Å². The summed E-state index contributed by atoms with van der Waals surface area (Å²) in [5.74, 6) is 0. The van der Waals surface area contributed by atoms with Crippen molar-refractivity contribution in [3.63, 3.8) is 0 Å². The summed E-state index contributed by atoms with van der Waals surface area (Å²) in [6.07, 6.45) is 0. The summed E-state index contributed by atoms with van der Waals surface area (Å²) < 4.78 is 0. The van der Waals surface area contributed by atoms with Gasteiger partial charge in [0, 0.05) is 0 Å². The lowest BCUT2D eigenvalue weighted by atomic mass is 9.90. The molecule has 0 heteroatoms. The predicted octanol–water partition coefficient (Wildman–Crippen LogP) is 5.20. The molecule has 0 radical (unpaired) electrons. The molecule has 0 aliphatic carbocycles. The minimum Gasteiger partial charge on any atom is -0.0610 e. The molecule has 0 aliphatic heterocycles. The van der Waals surface area contributed by atoms with Gasteiger partial charge in [-0.1, -0.05) is 48.5 Å². The standard InChI is InChI=1S/C18H14/c1-11-10-15-7-6-13-4-3-5-14-8-9-16(12(11)2)18(15)17(13)14/h3-10H,1-2H3. The fourth-order valence-electron chi connectivity index (χ4n) is 3.10. The average Bonchev–Trinajstić information content (AvgIpc) is 2.40. The van der Waals surface area contributed by atoms with Crippen molar-refractivity contribution in [2.24, 2.45) is 0 Å². The molecule has 0 fully saturated rings. The highest BCUT2D eigenvalue weighted by molar-refractivity contribution is 6.23. The fourth-order valence-corrected chi connectivity index (χ4v) is 3.10. The first kappa shape index (κ1) is 9.90. The van der Waals surface area contributed by atoms with Crippen molar-refractivity contribution in [1.82, 2.24) is 0 Å². The summed E-state index contributed by atoms with van der Waals surface area (Å²) >= 11 is 0. The molecule has 18 heavy (non-hydrogen) atoms. The Morgan fingerprint density at radius 2 is 1.33 bits per heavy atom. The molecule has 4 aromatic rings. The maximum absolute atomic E-state index is 2.31. The molecule has 0 saturated heterocycles. The van der Waals surface area contributed by atoms with Gasteiger partial charge in [-0.3, -0.25) is 0 Å². The van der Waals surface area contributed by atoms with Gasteiger partial charge in [0.25, 0.3) is 0 Å². The van der Waals surface area contributed by atoms with Crippen LogP contribution in [0.4, 0.5) is 0 Å². The second-order valence-electron chi connectivity index (χ2n) is 5.17. The second kappa shape index (κ2) is 3.23. The largest absolute Gasteiger partial charge is 0.0610 e. The second-order valence-corrected chi connectivity index (χ2v) is 5.17. The lowest BCUT2D eigenvalue weighted by molar-refractivity contribution is 1.39. The van der Waals surface area contributed by atoms with Crippen molar-refractivity contribution in [1.29, 1.82) is 0 Å². The van der Waals surface area contributed by atoms with Crippen LogP contribution in [0.5, 0.6) is 0 Å². The molecule has 86 valence electrons. The van der Waals surface area contributed by atoms with E-state index in [1.165, 1.54) is 43.4 Å². The van der Waals surface area contributed by atoms with Gasteiger partial charge in [-0.2, -0.15) is 0 Å². The van der Waals surface area contributed by atoms with E-state index in [1.807, 2.05) is 0 Å². The van der Waals surface area contributed by atoms with Crippen molar-refractivity contribution in [2.45, 2.75) is 13.8 Å². The van der Waals surface area contributed by atoms with Gasteiger partial charge < -0.3 is 0 Å². The monoisotopic (exact) mass is 230 g/mol. The molecule has 4 aromatic carbocycles. The van der Waals surface area contributed by atoms with E-state index in [0.29, 0.717) is 0 Å². The Hall–Kier alpha value is -2.08. The molecule has 0 aromatic heterocycles. The molecule has 0 N–H and O–H groups in total. The molecule has 0 bridgehead atoms. The van der Waals surface area contributed by atoms with Gasteiger partial charge in [0.1, 0.15) is 0 Å². The Balaban J connectivity index is 2.46. The van der Waals surface area contributed by atoms with E-state index in [0.717, 1.165) is 0 Å². The molecule has 0 nitrogen and oxygen atoms in total. The maximum Gasteiger partial charge on any atom is -0.00239 e. The highest BCUT2D eigenvalue weighted by Gasteiger charge is 2.10. The first-order valence-corrected chi connectivity index (χ1v) is 6.39. The van der Waals surface area contributed by atoms with Gasteiger partial charge >= 0.3 is 0 Å². The Morgan fingerprint density at radius 3 is 2.11 bits per heavy atom. The van der Waals surface area contributed by atoms with E-state index < -0.39 is 0 Å². The summed E-state index contributed by atoms with van der Waals surface area (Å²) in [5.41, 5.74) is 2.78. The Morgan fingerprint density at radius 1 is 0.667 bits per heavy atom. The summed E-state index contributed by atoms with van der Waals surface area (Å²) in [5, 5.41) is 8.28. The first-order valence-electron chi connectivity index (χ1n) is 6.39. The lowest BCUT2D eigenvalue weighted by Gasteiger charge is -2.13. The zero-order chi connectivity index (χ0) is 12.3. The van der Waals surface area contributed by atoms with Crippen molar-refractivity contribution in [3.8, 4) is 0 Å². The third-order valence-electron chi connectivity index (χ3n) is 4.18. The lowest BCUT2D eigenvalue weighted by Crippen LogP contribution is -1.88. The van der Waals surface area contributed by atoms with E-state index in [9.17, 15) is 0 Å². The molecule has 0 spiro atoms. The molecular formula is C18H14. The molecule has 0 heterocycles. The van der Waals surface area contributed by atoms with E-state index in [1.54, 1.807) is 0 Å². The van der Waals surface area contributed by atoms with E-state index in [-0.39, 0.29) is 0 Å². The third kappa shape index (κ3) is 1.10. The Bertz CT molecular complexity index is 869. The maximum atomic E-state index is 2.31. The number of hydrogen-bond acceptors (Lipinski definition) is 0. The van der Waals surface area contributed by atoms with Gasteiger partial charge in [0.05, 0.1) is 0 Å². The summed E-state index contributed by atoms with van der Waals surface area (Å²) in [6.45, 7) is 4.42. The van der Waals surface area contributed by atoms with E-state index in [4.69, 9.17) is 0 Å². The predicted molar refractivity (Wildman–Crippen MR) is 79.6 cm³/mol. The first-order chi connectivity index (χ1) is 8.75. The van der Waals surface area contributed by atoms with Gasteiger partial charge in [0.15, 0.2) is 0 Å². The average molecular weight is 230 g/mol. The van der Waals surface area contributed by atoms with Crippen LogP contribution >= 0.6 is 0 Å². The van der Waals surface area contributed by atoms with Crippen LogP contribution < -0.4 is 0 Å². The molecule has 0 amide bonds. The SMILES string of the molecule is Cc1cc2ccc3cccc4ccc(c1C)c2c34. The molecular weight excluding hydrogens is 216 g/mol. The molecule has 4 rings (SSSR count). The van der Waals surface area contributed by atoms with Gasteiger partial charge in [-0.05, 0) is 57.3 Å². The van der Waals surface area contributed by atoms with Crippen molar-refractivity contribution >= 4 is 32.3 Å². The normalized spacial score (nSPS) is 11.9. The minimum atomic E-state index is 1.34. The van der Waals surface area contributed by atoms with Crippen LogP contribution in [0.25, 0.3) is 32.3 Å². The number of benzene rings is 4. The van der Waals surface area contributed by atoms with Crippen LogP contribution in [0.1, 0.15) is 11.1 Å². The van der Waals surface area contributed by atoms with Gasteiger partial charge in [0.2, 0.25) is 0 Å². The smallest absolute Gasteiger partial charge is 0.00239 e. The van der Waals surface area contributed by atoms with Crippen molar-refractivity contribution < 1.29 is 0 Å². The zero-order valence-corrected chi connectivity index (χ0v) is 10.6.